The quantitative estimate of drug-likeness (QED) is 0.239. The van der Waals surface area contributed by atoms with Gasteiger partial charge in [0, 0.05) is 37.5 Å². The minimum Gasteiger partial charge on any atom is -0.426 e. The molecule has 1 saturated carbocycles. The number of nitrogens with one attached hydrogen (secondary N) is 1. The molecule has 0 spiro atoms. The highest BCUT2D eigenvalue weighted by Gasteiger charge is 2.39. The Morgan fingerprint density at radius 1 is 1.00 bits per heavy atom. The molecular weight excluding hydrogens is 553 g/mol. The number of aliphatic hydroxyl groups is 1. The van der Waals surface area contributed by atoms with Gasteiger partial charge in [-0.05, 0) is 80.8 Å². The molecule has 2 N–H and O–H groups in total. The molecule has 0 saturated heterocycles. The topological polar surface area (TPSA) is 124 Å². The largest absolute Gasteiger partial charge is 0.433 e. The third-order valence-corrected chi connectivity index (χ3v) is 7.36. The van der Waals surface area contributed by atoms with Gasteiger partial charge in [-0.25, -0.2) is 9.97 Å². The molecule has 9 nitrogen and oxygen atoms in total. The molecule has 0 aliphatic heterocycles. The highest BCUT2D eigenvalue weighted by molar-refractivity contribution is 5.73. The smallest absolute Gasteiger partial charge is 0.426 e. The second-order valence-corrected chi connectivity index (χ2v) is 10.7. The van der Waals surface area contributed by atoms with Gasteiger partial charge in [0.2, 0.25) is 12.2 Å². The normalized spacial score (nSPS) is 19.3. The molecule has 1 fully saturated rings. The Bertz CT molecular complexity index is 1420. The van der Waals surface area contributed by atoms with E-state index in [0.717, 1.165) is 29.0 Å². The Morgan fingerprint density at radius 2 is 1.71 bits per heavy atom. The van der Waals surface area contributed by atoms with Crippen LogP contribution in [0, 0.1) is 18.8 Å². The minimum absolute atomic E-state index is 0.131. The van der Waals surface area contributed by atoms with Crippen molar-refractivity contribution in [3.05, 3.63) is 65.7 Å². The second kappa shape index (κ2) is 12.4. The molecule has 0 amide bonds. The Kier molecular flexibility index (Phi) is 9.15. The van der Waals surface area contributed by atoms with Crippen molar-refractivity contribution in [2.75, 3.05) is 5.32 Å². The maximum absolute atomic E-state index is 13.0. The number of alkyl halides is 3. The van der Waals surface area contributed by atoms with E-state index in [1.54, 1.807) is 31.3 Å². The van der Waals surface area contributed by atoms with Gasteiger partial charge in [-0.15, -0.1) is 0 Å². The third-order valence-electron chi connectivity index (χ3n) is 7.36. The summed E-state index contributed by atoms with van der Waals surface area (Å²) in [4.78, 5) is 35.5. The number of aryl methyl sites for hydroxylation is 1. The zero-order valence-corrected chi connectivity index (χ0v) is 23.7. The standard InChI is InChI=1S/C30H33F3N4O5/c1-17-13-22(15-24(14-17)36-28-34-12-11-26(37-28)30(31,32)33)21-7-10-25(35-16-21)29(4,40)23-8-5-20(6-9-23)27(39)42-19(3)41-18(2)38/h7,10-16,19-20,23,40H,5-6,8-9H2,1-4H3,(H,34,36,37)/t19?,20-,23-,29?. The van der Waals surface area contributed by atoms with E-state index in [2.05, 4.69) is 20.3 Å². The number of pyridine rings is 1. The summed E-state index contributed by atoms with van der Waals surface area (Å²) in [5.74, 6) is -1.59. The van der Waals surface area contributed by atoms with E-state index in [4.69, 9.17) is 9.47 Å². The number of esters is 2. The molecule has 3 aromatic rings. The van der Waals surface area contributed by atoms with Gasteiger partial charge in [-0.1, -0.05) is 12.1 Å². The molecule has 0 radical (unpaired) electrons. The van der Waals surface area contributed by atoms with Crippen LogP contribution in [0.15, 0.2) is 48.8 Å². The molecular formula is C30H33F3N4O5. The van der Waals surface area contributed by atoms with Crippen molar-refractivity contribution >= 4 is 23.6 Å². The second-order valence-electron chi connectivity index (χ2n) is 10.7. The number of carbonyl (C=O) groups is 2. The summed E-state index contributed by atoms with van der Waals surface area (Å²) in [5.41, 5.74) is 1.10. The number of aromatic nitrogens is 3. The fourth-order valence-corrected chi connectivity index (χ4v) is 5.21. The van der Waals surface area contributed by atoms with Gasteiger partial charge in [0.25, 0.3) is 0 Å². The Balaban J connectivity index is 1.42. The van der Waals surface area contributed by atoms with Crippen molar-refractivity contribution in [1.29, 1.82) is 0 Å². The lowest BCUT2D eigenvalue weighted by Gasteiger charge is -2.37. The van der Waals surface area contributed by atoms with Crippen LogP contribution in [0.5, 0.6) is 0 Å². The lowest BCUT2D eigenvalue weighted by Crippen LogP contribution is -2.37. The van der Waals surface area contributed by atoms with Gasteiger partial charge < -0.3 is 19.9 Å². The Hall–Kier alpha value is -4.06. The van der Waals surface area contributed by atoms with Crippen molar-refractivity contribution in [3.8, 4) is 11.1 Å². The third kappa shape index (κ3) is 7.61. The minimum atomic E-state index is -4.58. The number of carbonyl (C=O) groups excluding carboxylic acids is 2. The first-order valence-corrected chi connectivity index (χ1v) is 13.6. The molecule has 2 heterocycles. The van der Waals surface area contributed by atoms with Crippen molar-refractivity contribution in [1.82, 2.24) is 15.0 Å². The first-order chi connectivity index (χ1) is 19.7. The number of ether oxygens (including phenoxy) is 2. The molecule has 2 atom stereocenters. The van der Waals surface area contributed by atoms with Crippen LogP contribution in [-0.2, 0) is 30.8 Å². The van der Waals surface area contributed by atoms with Crippen LogP contribution in [0.25, 0.3) is 11.1 Å². The molecule has 1 aromatic carbocycles. The van der Waals surface area contributed by atoms with Gasteiger partial charge in [0.15, 0.2) is 0 Å². The number of hydrogen-bond acceptors (Lipinski definition) is 9. The van der Waals surface area contributed by atoms with Crippen molar-refractivity contribution in [2.24, 2.45) is 11.8 Å². The number of anilines is 2. The zero-order valence-electron chi connectivity index (χ0n) is 23.7. The number of benzene rings is 1. The summed E-state index contributed by atoms with van der Waals surface area (Å²) in [6.07, 6.45) is -0.616. The highest BCUT2D eigenvalue weighted by Crippen LogP contribution is 2.41. The number of hydrogen-bond donors (Lipinski definition) is 2. The first kappa shape index (κ1) is 30.9. The monoisotopic (exact) mass is 586 g/mol. The molecule has 0 bridgehead atoms. The van der Waals surface area contributed by atoms with E-state index in [1.807, 2.05) is 19.1 Å². The fraction of sp³-hybridized carbons (Fsp3) is 0.433. The average molecular weight is 587 g/mol. The predicted molar refractivity (Wildman–Crippen MR) is 147 cm³/mol. The van der Waals surface area contributed by atoms with Crippen LogP contribution in [0.3, 0.4) is 0 Å². The molecule has 1 aliphatic carbocycles. The molecule has 12 heteroatoms. The van der Waals surface area contributed by atoms with E-state index in [1.165, 1.54) is 13.8 Å². The predicted octanol–water partition coefficient (Wildman–Crippen LogP) is 6.08. The SMILES string of the molecule is CC(=O)OC(C)OC(=O)[C@H]1CC[C@H](C(C)(O)c2ccc(-c3cc(C)cc(Nc4nccc(C(F)(F)F)n4)c3)cn2)CC1. The maximum Gasteiger partial charge on any atom is 0.433 e. The van der Waals surface area contributed by atoms with E-state index >= 15 is 0 Å². The van der Waals surface area contributed by atoms with Crippen LogP contribution < -0.4 is 5.32 Å². The van der Waals surface area contributed by atoms with Crippen molar-refractivity contribution in [2.45, 2.75) is 71.4 Å². The summed E-state index contributed by atoms with van der Waals surface area (Å²) in [6, 6.07) is 9.83. The molecule has 224 valence electrons. The molecule has 4 rings (SSSR count). The lowest BCUT2D eigenvalue weighted by atomic mass is 9.73. The number of nitrogens with zero attached hydrogens (tertiary/aromatic N) is 3. The fourth-order valence-electron chi connectivity index (χ4n) is 5.21. The van der Waals surface area contributed by atoms with Crippen LogP contribution >= 0.6 is 0 Å². The number of rotatable bonds is 8. The van der Waals surface area contributed by atoms with E-state index < -0.39 is 35.7 Å². The average Bonchev–Trinajstić information content (AvgIpc) is 2.92. The summed E-state index contributed by atoms with van der Waals surface area (Å²) >= 11 is 0. The summed E-state index contributed by atoms with van der Waals surface area (Å²) in [6.45, 7) is 6.31. The maximum atomic E-state index is 13.0. The molecule has 42 heavy (non-hydrogen) atoms. The highest BCUT2D eigenvalue weighted by atomic mass is 19.4. The van der Waals surface area contributed by atoms with Crippen LogP contribution in [0.4, 0.5) is 24.8 Å². The summed E-state index contributed by atoms with van der Waals surface area (Å²) < 4.78 is 49.2. The Morgan fingerprint density at radius 3 is 2.33 bits per heavy atom. The molecule has 2 aromatic heterocycles. The van der Waals surface area contributed by atoms with Crippen LogP contribution in [0.1, 0.15) is 63.4 Å². The van der Waals surface area contributed by atoms with Gasteiger partial charge in [-0.2, -0.15) is 13.2 Å². The van der Waals surface area contributed by atoms with Gasteiger partial charge in [0.1, 0.15) is 11.3 Å². The van der Waals surface area contributed by atoms with Crippen LogP contribution in [-0.4, -0.2) is 38.3 Å². The van der Waals surface area contributed by atoms with E-state index in [9.17, 15) is 27.9 Å². The molecule has 1 aliphatic rings. The van der Waals surface area contributed by atoms with Crippen LogP contribution in [0.2, 0.25) is 0 Å². The van der Waals surface area contributed by atoms with E-state index in [0.29, 0.717) is 37.1 Å². The molecule has 2 unspecified atom stereocenters. The van der Waals surface area contributed by atoms with Gasteiger partial charge >= 0.3 is 18.1 Å². The summed E-state index contributed by atoms with van der Waals surface area (Å²) in [5, 5.41) is 14.3. The summed E-state index contributed by atoms with van der Waals surface area (Å²) in [7, 11) is 0. The zero-order chi connectivity index (χ0) is 30.7. The Labute approximate surface area is 241 Å². The number of halogens is 3. The first-order valence-electron chi connectivity index (χ1n) is 13.6. The van der Waals surface area contributed by atoms with Crippen molar-refractivity contribution in [3.63, 3.8) is 0 Å². The van der Waals surface area contributed by atoms with Gasteiger partial charge in [0.05, 0.1) is 11.6 Å². The van der Waals surface area contributed by atoms with E-state index in [-0.39, 0.29) is 17.8 Å². The lowest BCUT2D eigenvalue weighted by molar-refractivity contribution is -0.187. The van der Waals surface area contributed by atoms with Gasteiger partial charge in [-0.3, -0.25) is 14.6 Å². The van der Waals surface area contributed by atoms with Crippen molar-refractivity contribution < 1.29 is 37.3 Å².